The smallest absolute Gasteiger partial charge is 0.164 e. The second-order valence-corrected chi connectivity index (χ2v) is 4.68. The van der Waals surface area contributed by atoms with Crippen molar-refractivity contribution in [1.82, 2.24) is 0 Å². The molecule has 1 heterocycles. The minimum absolute atomic E-state index is 0.206. The van der Waals surface area contributed by atoms with Crippen molar-refractivity contribution < 1.29 is 4.79 Å². The lowest BCUT2D eigenvalue weighted by Crippen LogP contribution is -2.10. The van der Waals surface area contributed by atoms with Gasteiger partial charge in [-0.25, -0.2) is 0 Å². The Morgan fingerprint density at radius 2 is 2.31 bits per heavy atom. The maximum Gasteiger partial charge on any atom is 0.164 e. The highest BCUT2D eigenvalue weighted by Gasteiger charge is 2.20. The summed E-state index contributed by atoms with van der Waals surface area (Å²) in [6.45, 7) is 1.96. The first-order valence-corrected chi connectivity index (χ1v) is 6.18. The third kappa shape index (κ3) is 1.79. The Kier molecular flexibility index (Phi) is 3.17. The molecule has 2 rings (SSSR count). The molecule has 0 atom stereocenters. The van der Waals surface area contributed by atoms with Gasteiger partial charge in [-0.2, -0.15) is 0 Å². The molecule has 1 aliphatic heterocycles. The van der Waals surface area contributed by atoms with Crippen LogP contribution in [0.2, 0.25) is 0 Å². The maximum atomic E-state index is 11.7. The van der Waals surface area contributed by atoms with Gasteiger partial charge in [0.05, 0.1) is 0 Å². The first-order valence-electron chi connectivity index (χ1n) is 5.20. The summed E-state index contributed by atoms with van der Waals surface area (Å²) in [7, 11) is 0. The number of ketones is 1. The van der Waals surface area contributed by atoms with Crippen LogP contribution in [0.4, 0.5) is 0 Å². The van der Waals surface area contributed by atoms with Crippen LogP contribution in [0.1, 0.15) is 34.8 Å². The summed E-state index contributed by atoms with van der Waals surface area (Å²) in [6.07, 6.45) is 10.1. The Bertz CT molecular complexity index is 506. The molecule has 0 spiro atoms. The number of hydrogen-bond donors (Lipinski definition) is 0. The number of rotatable bonds is 1. The van der Waals surface area contributed by atoms with Gasteiger partial charge in [0.25, 0.3) is 0 Å². The molecular weight excluding hydrogens is 216 g/mol. The van der Waals surface area contributed by atoms with Crippen LogP contribution in [-0.4, -0.2) is 11.5 Å². The largest absolute Gasteiger partial charge is 0.294 e. The normalized spacial score (nSPS) is 14.9. The molecule has 16 heavy (non-hydrogen) atoms. The number of benzene rings is 1. The topological polar surface area (TPSA) is 17.1 Å². The Morgan fingerprint density at radius 3 is 3.00 bits per heavy atom. The van der Waals surface area contributed by atoms with Crippen molar-refractivity contribution in [3.05, 3.63) is 34.9 Å². The van der Waals surface area contributed by atoms with E-state index in [1.54, 1.807) is 11.8 Å². The molecule has 80 valence electrons. The molecule has 0 unspecified atom stereocenters. The lowest BCUT2D eigenvalue weighted by atomic mass is 10.00. The fourth-order valence-electron chi connectivity index (χ4n) is 1.82. The Labute approximate surface area is 99.9 Å². The highest BCUT2D eigenvalue weighted by molar-refractivity contribution is 7.99. The minimum atomic E-state index is 0.206. The van der Waals surface area contributed by atoms with Gasteiger partial charge < -0.3 is 0 Å². The maximum absolute atomic E-state index is 11.7. The lowest BCUT2D eigenvalue weighted by Gasteiger charge is -2.17. The molecule has 0 radical (unpaired) electrons. The quantitative estimate of drug-likeness (QED) is 0.685. The molecule has 2 heteroatoms. The number of carbonyl (C=O) groups is 1. The summed E-state index contributed by atoms with van der Waals surface area (Å²) in [4.78, 5) is 12.7. The third-order valence-electron chi connectivity index (χ3n) is 2.56. The van der Waals surface area contributed by atoms with E-state index in [2.05, 4.69) is 5.92 Å². The number of Topliss-reactive ketones (excluding diaryl/α,β-unsaturated/α-hetero) is 1. The summed E-state index contributed by atoms with van der Waals surface area (Å²) in [5.41, 5.74) is 2.66. The van der Waals surface area contributed by atoms with Crippen LogP contribution in [0.5, 0.6) is 0 Å². The van der Waals surface area contributed by atoms with Gasteiger partial charge >= 0.3 is 0 Å². The van der Waals surface area contributed by atoms with Crippen molar-refractivity contribution >= 4 is 23.6 Å². The van der Waals surface area contributed by atoms with Crippen molar-refractivity contribution in [3.63, 3.8) is 0 Å². The summed E-state index contributed by atoms with van der Waals surface area (Å²) in [6, 6.07) is 3.82. The van der Waals surface area contributed by atoms with Crippen molar-refractivity contribution in [1.29, 1.82) is 0 Å². The van der Waals surface area contributed by atoms with Gasteiger partial charge in [0.15, 0.2) is 5.78 Å². The fraction of sp³-hybridized carbons (Fsp3) is 0.214. The average molecular weight is 228 g/mol. The van der Waals surface area contributed by atoms with E-state index in [1.807, 2.05) is 31.2 Å². The van der Waals surface area contributed by atoms with Crippen molar-refractivity contribution in [2.75, 3.05) is 5.75 Å². The van der Waals surface area contributed by atoms with E-state index in [-0.39, 0.29) is 5.78 Å². The van der Waals surface area contributed by atoms with Crippen LogP contribution in [0, 0.1) is 12.3 Å². The van der Waals surface area contributed by atoms with E-state index in [4.69, 9.17) is 6.42 Å². The fourth-order valence-corrected chi connectivity index (χ4v) is 2.97. The standard InChI is InChI=1S/C14H12OS/c1-3-5-10-6-7-12-13(15)8-9-16-14(12)11(10)4-2/h2-3,5-7H,8-9H2,1H3/b5-3-. The van der Waals surface area contributed by atoms with Crippen LogP contribution in [0.3, 0.4) is 0 Å². The zero-order chi connectivity index (χ0) is 11.5. The third-order valence-corrected chi connectivity index (χ3v) is 3.68. The van der Waals surface area contributed by atoms with E-state index in [1.165, 1.54) is 0 Å². The highest BCUT2D eigenvalue weighted by atomic mass is 32.2. The molecule has 0 fully saturated rings. The zero-order valence-corrected chi connectivity index (χ0v) is 9.93. The Morgan fingerprint density at radius 1 is 1.50 bits per heavy atom. The summed E-state index contributed by atoms with van der Waals surface area (Å²) >= 11 is 1.69. The minimum Gasteiger partial charge on any atom is -0.294 e. The molecule has 0 N–H and O–H groups in total. The molecule has 0 aliphatic carbocycles. The number of fused-ring (bicyclic) bond motifs is 1. The number of allylic oxidation sites excluding steroid dienone is 1. The van der Waals surface area contributed by atoms with Crippen LogP contribution >= 0.6 is 11.8 Å². The number of terminal acetylenes is 1. The lowest BCUT2D eigenvalue weighted by molar-refractivity contribution is 0.0984. The second-order valence-electron chi connectivity index (χ2n) is 3.57. The molecule has 0 saturated carbocycles. The molecule has 0 saturated heterocycles. The van der Waals surface area contributed by atoms with Gasteiger partial charge in [0.2, 0.25) is 0 Å². The van der Waals surface area contributed by atoms with E-state index in [0.29, 0.717) is 6.42 Å². The summed E-state index contributed by atoms with van der Waals surface area (Å²) in [5, 5.41) is 0. The van der Waals surface area contributed by atoms with Crippen LogP contribution in [0.25, 0.3) is 6.08 Å². The number of carbonyl (C=O) groups excluding carboxylic acids is 1. The van der Waals surface area contributed by atoms with Gasteiger partial charge in [0, 0.05) is 28.2 Å². The molecule has 1 nitrogen and oxygen atoms in total. The SMILES string of the molecule is C#Cc1c(/C=C\C)ccc2c1SCCC2=O. The Hall–Kier alpha value is -1.46. The second kappa shape index (κ2) is 4.59. The van der Waals surface area contributed by atoms with Gasteiger partial charge in [-0.3, -0.25) is 4.79 Å². The van der Waals surface area contributed by atoms with Gasteiger partial charge in [0.1, 0.15) is 0 Å². The number of hydrogen-bond acceptors (Lipinski definition) is 2. The molecule has 0 bridgehead atoms. The average Bonchev–Trinajstić information content (AvgIpc) is 2.29. The molecule has 1 aliphatic rings. The monoisotopic (exact) mass is 228 g/mol. The molecule has 0 amide bonds. The molecule has 1 aromatic carbocycles. The first-order chi connectivity index (χ1) is 7.77. The predicted octanol–water partition coefficient (Wildman–Crippen LogP) is 3.38. The van der Waals surface area contributed by atoms with E-state index < -0.39 is 0 Å². The zero-order valence-electron chi connectivity index (χ0n) is 9.12. The highest BCUT2D eigenvalue weighted by Crippen LogP contribution is 2.34. The Balaban J connectivity index is 2.65. The molecular formula is C14H12OS. The molecule has 0 aromatic heterocycles. The van der Waals surface area contributed by atoms with Crippen LogP contribution in [-0.2, 0) is 0 Å². The number of thioether (sulfide) groups is 1. The predicted molar refractivity (Wildman–Crippen MR) is 68.8 cm³/mol. The van der Waals surface area contributed by atoms with Gasteiger partial charge in [-0.15, -0.1) is 18.2 Å². The van der Waals surface area contributed by atoms with E-state index in [0.717, 1.165) is 27.3 Å². The van der Waals surface area contributed by atoms with Crippen LogP contribution in [0.15, 0.2) is 23.1 Å². The summed E-state index contributed by atoms with van der Waals surface area (Å²) < 4.78 is 0. The van der Waals surface area contributed by atoms with Crippen molar-refractivity contribution in [2.24, 2.45) is 0 Å². The van der Waals surface area contributed by atoms with Crippen molar-refractivity contribution in [3.8, 4) is 12.3 Å². The van der Waals surface area contributed by atoms with Gasteiger partial charge in [-0.1, -0.05) is 24.1 Å². The summed E-state index contributed by atoms with van der Waals surface area (Å²) in [5.74, 6) is 3.74. The van der Waals surface area contributed by atoms with Crippen molar-refractivity contribution in [2.45, 2.75) is 18.2 Å². The van der Waals surface area contributed by atoms with E-state index in [9.17, 15) is 4.79 Å². The van der Waals surface area contributed by atoms with Gasteiger partial charge in [-0.05, 0) is 18.6 Å². The van der Waals surface area contributed by atoms with E-state index >= 15 is 0 Å². The first kappa shape index (κ1) is 11.0. The van der Waals surface area contributed by atoms with Crippen LogP contribution < -0.4 is 0 Å². The molecule has 1 aromatic rings.